The van der Waals surface area contributed by atoms with Gasteiger partial charge in [-0.25, -0.2) is 9.18 Å². The molecule has 1 unspecified atom stereocenters. The lowest BCUT2D eigenvalue weighted by Gasteiger charge is -2.08. The molecular formula is C10H19FO3. The van der Waals surface area contributed by atoms with Crippen LogP contribution in [0.5, 0.6) is 0 Å². The van der Waals surface area contributed by atoms with Gasteiger partial charge in [0, 0.05) is 0 Å². The molecule has 0 N–H and O–H groups in total. The summed E-state index contributed by atoms with van der Waals surface area (Å²) in [4.78, 5) is 10.7. The minimum Gasteiger partial charge on any atom is -0.462 e. The van der Waals surface area contributed by atoms with Crippen LogP contribution in [0.4, 0.5) is 4.39 Å². The molecule has 0 amide bonds. The highest BCUT2D eigenvalue weighted by atomic mass is 19.1. The molecule has 0 radical (unpaired) electrons. The second-order valence-electron chi connectivity index (χ2n) is 3.00. The second-order valence-corrected chi connectivity index (χ2v) is 3.00. The number of hydrogen-bond acceptors (Lipinski definition) is 3. The fourth-order valence-corrected chi connectivity index (χ4v) is 0.991. The minimum atomic E-state index is -1.92. The van der Waals surface area contributed by atoms with E-state index in [1.807, 2.05) is 0 Å². The summed E-state index contributed by atoms with van der Waals surface area (Å²) in [6, 6.07) is 0. The van der Waals surface area contributed by atoms with Crippen molar-refractivity contribution < 1.29 is 18.7 Å². The minimum absolute atomic E-state index is 0.179. The van der Waals surface area contributed by atoms with Gasteiger partial charge < -0.3 is 9.47 Å². The fourth-order valence-electron chi connectivity index (χ4n) is 0.991. The Morgan fingerprint density at radius 1 is 1.29 bits per heavy atom. The quantitative estimate of drug-likeness (QED) is 0.452. The summed E-state index contributed by atoms with van der Waals surface area (Å²) in [5.74, 6) is -0.928. The van der Waals surface area contributed by atoms with E-state index in [1.54, 1.807) is 6.92 Å². The molecule has 0 saturated carbocycles. The molecule has 14 heavy (non-hydrogen) atoms. The Hall–Kier alpha value is -0.640. The van der Waals surface area contributed by atoms with Crippen molar-refractivity contribution in [2.24, 2.45) is 0 Å². The van der Waals surface area contributed by atoms with E-state index in [9.17, 15) is 9.18 Å². The lowest BCUT2D eigenvalue weighted by atomic mass is 10.2. The standard InChI is InChI=1S/C10H19FO3/c1-3-5-6-7-8-14-9(11)10(12)13-4-2/h9H,3-8H2,1-2H3. The zero-order valence-corrected chi connectivity index (χ0v) is 8.92. The van der Waals surface area contributed by atoms with Gasteiger partial charge >= 0.3 is 5.97 Å². The van der Waals surface area contributed by atoms with Crippen LogP contribution in [-0.2, 0) is 14.3 Å². The first-order valence-electron chi connectivity index (χ1n) is 5.14. The van der Waals surface area contributed by atoms with Gasteiger partial charge in [-0.1, -0.05) is 26.2 Å². The lowest BCUT2D eigenvalue weighted by Crippen LogP contribution is -2.22. The van der Waals surface area contributed by atoms with E-state index >= 15 is 0 Å². The molecule has 0 aromatic carbocycles. The lowest BCUT2D eigenvalue weighted by molar-refractivity contribution is -0.169. The zero-order chi connectivity index (χ0) is 10.8. The molecule has 0 aliphatic heterocycles. The van der Waals surface area contributed by atoms with Crippen molar-refractivity contribution in [3.63, 3.8) is 0 Å². The highest BCUT2D eigenvalue weighted by Crippen LogP contribution is 2.03. The molecule has 0 aromatic rings. The van der Waals surface area contributed by atoms with Crippen LogP contribution in [0.15, 0.2) is 0 Å². The summed E-state index contributed by atoms with van der Waals surface area (Å²) in [5.41, 5.74) is 0. The number of carbonyl (C=O) groups is 1. The molecule has 0 aliphatic carbocycles. The van der Waals surface area contributed by atoms with Crippen LogP contribution < -0.4 is 0 Å². The summed E-state index contributed by atoms with van der Waals surface area (Å²) in [5, 5.41) is 0. The summed E-state index contributed by atoms with van der Waals surface area (Å²) < 4.78 is 21.9. The van der Waals surface area contributed by atoms with E-state index < -0.39 is 12.3 Å². The maximum Gasteiger partial charge on any atom is 0.368 e. The first-order chi connectivity index (χ1) is 6.72. The van der Waals surface area contributed by atoms with Crippen LogP contribution >= 0.6 is 0 Å². The van der Waals surface area contributed by atoms with Gasteiger partial charge in [0.1, 0.15) is 0 Å². The van der Waals surface area contributed by atoms with E-state index in [4.69, 9.17) is 0 Å². The van der Waals surface area contributed by atoms with Crippen molar-refractivity contribution in [2.75, 3.05) is 13.2 Å². The van der Waals surface area contributed by atoms with Crippen LogP contribution in [0, 0.1) is 0 Å². The Kier molecular flexibility index (Phi) is 8.53. The van der Waals surface area contributed by atoms with Crippen molar-refractivity contribution in [3.8, 4) is 0 Å². The number of unbranched alkanes of at least 4 members (excludes halogenated alkanes) is 3. The van der Waals surface area contributed by atoms with Gasteiger partial charge in [0.25, 0.3) is 6.36 Å². The molecule has 1 atom stereocenters. The molecule has 3 nitrogen and oxygen atoms in total. The van der Waals surface area contributed by atoms with Gasteiger partial charge in [-0.2, -0.15) is 0 Å². The third-order valence-electron chi connectivity index (χ3n) is 1.73. The number of esters is 1. The number of carbonyl (C=O) groups excluding carboxylic acids is 1. The molecule has 0 spiro atoms. The number of alkyl halides is 1. The molecule has 0 bridgehead atoms. The van der Waals surface area contributed by atoms with E-state index in [-0.39, 0.29) is 13.2 Å². The highest BCUT2D eigenvalue weighted by Gasteiger charge is 2.18. The summed E-state index contributed by atoms with van der Waals surface area (Å²) >= 11 is 0. The van der Waals surface area contributed by atoms with Crippen molar-refractivity contribution in [2.45, 2.75) is 45.9 Å². The van der Waals surface area contributed by atoms with Crippen LogP contribution in [0.3, 0.4) is 0 Å². The molecule has 0 aliphatic rings. The Labute approximate surface area is 84.6 Å². The van der Waals surface area contributed by atoms with Gasteiger partial charge in [0.05, 0.1) is 13.2 Å². The van der Waals surface area contributed by atoms with Crippen LogP contribution in [0.25, 0.3) is 0 Å². The largest absolute Gasteiger partial charge is 0.462 e. The molecule has 0 aromatic heterocycles. The number of hydrogen-bond donors (Lipinski definition) is 0. The molecule has 0 rings (SSSR count). The van der Waals surface area contributed by atoms with Gasteiger partial charge in [0.15, 0.2) is 0 Å². The molecule has 0 saturated heterocycles. The van der Waals surface area contributed by atoms with Crippen molar-refractivity contribution in [1.29, 1.82) is 0 Å². The van der Waals surface area contributed by atoms with Crippen LogP contribution in [0.2, 0.25) is 0 Å². The Morgan fingerprint density at radius 2 is 2.00 bits per heavy atom. The average molecular weight is 206 g/mol. The molecule has 0 heterocycles. The van der Waals surface area contributed by atoms with E-state index in [2.05, 4.69) is 16.4 Å². The van der Waals surface area contributed by atoms with Gasteiger partial charge in [-0.05, 0) is 13.3 Å². The smallest absolute Gasteiger partial charge is 0.368 e. The van der Waals surface area contributed by atoms with Crippen molar-refractivity contribution in [3.05, 3.63) is 0 Å². The summed E-state index contributed by atoms with van der Waals surface area (Å²) in [6.07, 6.45) is 2.10. The number of ether oxygens (including phenoxy) is 2. The zero-order valence-electron chi connectivity index (χ0n) is 8.92. The molecular weight excluding hydrogens is 187 g/mol. The van der Waals surface area contributed by atoms with E-state index in [0.29, 0.717) is 0 Å². The first-order valence-corrected chi connectivity index (χ1v) is 5.14. The number of halogens is 1. The van der Waals surface area contributed by atoms with Gasteiger partial charge in [-0.3, -0.25) is 0 Å². The maximum atomic E-state index is 12.8. The SMILES string of the molecule is CCCCCCOC(F)C(=O)OCC. The van der Waals surface area contributed by atoms with Gasteiger partial charge in [-0.15, -0.1) is 0 Å². The molecule has 0 fully saturated rings. The highest BCUT2D eigenvalue weighted by molar-refractivity contribution is 5.72. The number of rotatable bonds is 8. The molecule has 84 valence electrons. The first kappa shape index (κ1) is 13.4. The van der Waals surface area contributed by atoms with E-state index in [1.165, 1.54) is 0 Å². The Balaban J connectivity index is 3.34. The summed E-state index contributed by atoms with van der Waals surface area (Å²) in [6.45, 7) is 4.18. The van der Waals surface area contributed by atoms with Crippen LogP contribution in [0.1, 0.15) is 39.5 Å². The predicted molar refractivity (Wildman–Crippen MR) is 51.6 cm³/mol. The van der Waals surface area contributed by atoms with Crippen molar-refractivity contribution in [1.82, 2.24) is 0 Å². The summed E-state index contributed by atoms with van der Waals surface area (Å²) in [7, 11) is 0. The average Bonchev–Trinajstić information content (AvgIpc) is 2.17. The fraction of sp³-hybridized carbons (Fsp3) is 0.900. The van der Waals surface area contributed by atoms with E-state index in [0.717, 1.165) is 25.7 Å². The topological polar surface area (TPSA) is 35.5 Å². The van der Waals surface area contributed by atoms with Gasteiger partial charge in [0.2, 0.25) is 0 Å². The predicted octanol–water partition coefficient (Wildman–Crippen LogP) is 2.44. The Bertz CT molecular complexity index is 150. The normalized spacial score (nSPS) is 12.5. The maximum absolute atomic E-state index is 12.8. The monoisotopic (exact) mass is 206 g/mol. The second kappa shape index (κ2) is 8.94. The van der Waals surface area contributed by atoms with Crippen LogP contribution in [-0.4, -0.2) is 25.5 Å². The third-order valence-corrected chi connectivity index (χ3v) is 1.73. The molecule has 4 heteroatoms. The Morgan fingerprint density at radius 3 is 2.57 bits per heavy atom. The third kappa shape index (κ3) is 6.83. The van der Waals surface area contributed by atoms with Crippen molar-refractivity contribution >= 4 is 5.97 Å².